The molecule has 0 spiro atoms. The van der Waals surface area contributed by atoms with Crippen LogP contribution in [-0.4, -0.2) is 10.9 Å². The third-order valence-electron chi connectivity index (χ3n) is 2.22. The van der Waals surface area contributed by atoms with Crippen molar-refractivity contribution in [3.05, 3.63) is 58.2 Å². The maximum atomic E-state index is 11.9. The number of halogens is 1. The molecule has 0 saturated carbocycles. The fraction of sp³-hybridized carbons (Fsp3) is 0. The molecule has 0 aliphatic carbocycles. The first-order chi connectivity index (χ1) is 8.69. The second-order valence-electron chi connectivity index (χ2n) is 3.51. The van der Waals surface area contributed by atoms with Gasteiger partial charge in [0.2, 0.25) is 0 Å². The molecule has 0 bridgehead atoms. The molecule has 5 heteroatoms. The van der Waals surface area contributed by atoms with Crippen LogP contribution in [0.2, 0.25) is 0 Å². The summed E-state index contributed by atoms with van der Waals surface area (Å²) >= 11 is 3.30. The number of hydrogen-bond donors (Lipinski definition) is 1. The van der Waals surface area contributed by atoms with E-state index in [1.807, 2.05) is 12.1 Å². The van der Waals surface area contributed by atoms with Crippen molar-refractivity contribution in [2.75, 3.05) is 5.32 Å². The standard InChI is InChI=1S/C13H8BrN3O/c14-11-3-1-2-10(6-11)13(18)17-12-5-4-9(7-15)8-16-12/h1-6,8H,(H,16,17,18). The summed E-state index contributed by atoms with van der Waals surface area (Å²) in [6.45, 7) is 0. The molecule has 1 N–H and O–H groups in total. The van der Waals surface area contributed by atoms with Crippen molar-refractivity contribution < 1.29 is 4.79 Å². The fourth-order valence-corrected chi connectivity index (χ4v) is 1.75. The lowest BCUT2D eigenvalue weighted by Crippen LogP contribution is -2.12. The van der Waals surface area contributed by atoms with E-state index in [0.717, 1.165) is 4.47 Å². The van der Waals surface area contributed by atoms with Crippen LogP contribution in [0.5, 0.6) is 0 Å². The highest BCUT2D eigenvalue weighted by Crippen LogP contribution is 2.13. The number of carbonyl (C=O) groups excluding carboxylic acids is 1. The Morgan fingerprint density at radius 1 is 1.33 bits per heavy atom. The first-order valence-electron chi connectivity index (χ1n) is 5.12. The van der Waals surface area contributed by atoms with Gasteiger partial charge >= 0.3 is 0 Å². The Bertz CT molecular complexity index is 617. The van der Waals surface area contributed by atoms with Gasteiger partial charge < -0.3 is 5.32 Å². The van der Waals surface area contributed by atoms with Crippen LogP contribution < -0.4 is 5.32 Å². The number of anilines is 1. The van der Waals surface area contributed by atoms with E-state index in [1.165, 1.54) is 6.20 Å². The van der Waals surface area contributed by atoms with E-state index in [1.54, 1.807) is 30.3 Å². The van der Waals surface area contributed by atoms with Crippen molar-refractivity contribution in [1.82, 2.24) is 4.98 Å². The van der Waals surface area contributed by atoms with Gasteiger partial charge in [-0.3, -0.25) is 4.79 Å². The molecular weight excluding hydrogens is 294 g/mol. The summed E-state index contributed by atoms with van der Waals surface area (Å²) in [5, 5.41) is 11.3. The van der Waals surface area contributed by atoms with E-state index in [2.05, 4.69) is 26.2 Å². The summed E-state index contributed by atoms with van der Waals surface area (Å²) in [7, 11) is 0. The maximum absolute atomic E-state index is 11.9. The average Bonchev–Trinajstić information content (AvgIpc) is 2.39. The van der Waals surface area contributed by atoms with E-state index in [4.69, 9.17) is 5.26 Å². The predicted molar refractivity (Wildman–Crippen MR) is 71.0 cm³/mol. The molecule has 88 valence electrons. The predicted octanol–water partition coefficient (Wildman–Crippen LogP) is 2.97. The zero-order chi connectivity index (χ0) is 13.0. The second-order valence-corrected chi connectivity index (χ2v) is 4.42. The van der Waals surface area contributed by atoms with E-state index in [9.17, 15) is 4.79 Å². The lowest BCUT2D eigenvalue weighted by Gasteiger charge is -2.04. The van der Waals surface area contributed by atoms with Crippen LogP contribution in [0.4, 0.5) is 5.82 Å². The quantitative estimate of drug-likeness (QED) is 0.927. The molecule has 0 aliphatic rings. The van der Waals surface area contributed by atoms with Crippen LogP contribution in [0.15, 0.2) is 47.1 Å². The Labute approximate surface area is 112 Å². The summed E-state index contributed by atoms with van der Waals surface area (Å²) in [4.78, 5) is 15.9. The number of nitrogens with zero attached hydrogens (tertiary/aromatic N) is 2. The number of benzene rings is 1. The largest absolute Gasteiger partial charge is 0.307 e. The molecule has 1 heterocycles. The summed E-state index contributed by atoms with van der Waals surface area (Å²) in [6.07, 6.45) is 1.41. The monoisotopic (exact) mass is 301 g/mol. The average molecular weight is 302 g/mol. The van der Waals surface area contributed by atoms with Gasteiger partial charge in [-0.25, -0.2) is 4.98 Å². The Kier molecular flexibility index (Phi) is 3.70. The molecule has 0 radical (unpaired) electrons. The van der Waals surface area contributed by atoms with Crippen LogP contribution in [0.25, 0.3) is 0 Å². The summed E-state index contributed by atoms with van der Waals surface area (Å²) in [6, 6.07) is 12.2. The van der Waals surface area contributed by atoms with Crippen molar-refractivity contribution in [3.8, 4) is 6.07 Å². The molecule has 4 nitrogen and oxygen atoms in total. The Balaban J connectivity index is 2.14. The second kappa shape index (κ2) is 5.43. The van der Waals surface area contributed by atoms with Crippen molar-refractivity contribution in [3.63, 3.8) is 0 Å². The van der Waals surface area contributed by atoms with Gasteiger partial charge in [-0.05, 0) is 30.3 Å². The van der Waals surface area contributed by atoms with Crippen LogP contribution in [0.1, 0.15) is 15.9 Å². The minimum atomic E-state index is -0.242. The van der Waals surface area contributed by atoms with E-state index in [0.29, 0.717) is 16.9 Å². The highest BCUT2D eigenvalue weighted by atomic mass is 79.9. The van der Waals surface area contributed by atoms with E-state index in [-0.39, 0.29) is 5.91 Å². The van der Waals surface area contributed by atoms with Gasteiger partial charge in [-0.1, -0.05) is 22.0 Å². The minimum absolute atomic E-state index is 0.242. The lowest BCUT2D eigenvalue weighted by atomic mass is 10.2. The minimum Gasteiger partial charge on any atom is -0.307 e. The van der Waals surface area contributed by atoms with Gasteiger partial charge in [0, 0.05) is 16.2 Å². The molecule has 1 aromatic heterocycles. The fourth-order valence-electron chi connectivity index (χ4n) is 1.35. The molecule has 0 unspecified atom stereocenters. The topological polar surface area (TPSA) is 65.8 Å². The van der Waals surface area contributed by atoms with Crippen LogP contribution >= 0.6 is 15.9 Å². The number of aromatic nitrogens is 1. The summed E-state index contributed by atoms with van der Waals surface area (Å²) in [5.74, 6) is 0.174. The number of nitriles is 1. The van der Waals surface area contributed by atoms with Gasteiger partial charge in [0.05, 0.1) is 5.56 Å². The van der Waals surface area contributed by atoms with Gasteiger partial charge in [-0.2, -0.15) is 5.26 Å². The Morgan fingerprint density at radius 3 is 2.78 bits per heavy atom. The molecule has 2 rings (SSSR count). The first-order valence-corrected chi connectivity index (χ1v) is 5.91. The number of nitrogens with one attached hydrogen (secondary N) is 1. The first kappa shape index (κ1) is 12.3. The molecular formula is C13H8BrN3O. The number of hydrogen-bond acceptors (Lipinski definition) is 3. The number of amides is 1. The van der Waals surface area contributed by atoms with Crippen molar-refractivity contribution >= 4 is 27.7 Å². The normalized spacial score (nSPS) is 9.56. The van der Waals surface area contributed by atoms with Crippen LogP contribution in [0.3, 0.4) is 0 Å². The molecule has 0 fully saturated rings. The zero-order valence-electron chi connectivity index (χ0n) is 9.22. The molecule has 2 aromatic rings. The van der Waals surface area contributed by atoms with E-state index < -0.39 is 0 Å². The molecule has 0 atom stereocenters. The summed E-state index contributed by atoms with van der Waals surface area (Å²) in [5.41, 5.74) is 0.992. The molecule has 18 heavy (non-hydrogen) atoms. The summed E-state index contributed by atoms with van der Waals surface area (Å²) < 4.78 is 0.836. The Hall–Kier alpha value is -2.19. The third kappa shape index (κ3) is 2.93. The smallest absolute Gasteiger partial charge is 0.256 e. The van der Waals surface area contributed by atoms with Crippen LogP contribution in [-0.2, 0) is 0 Å². The SMILES string of the molecule is N#Cc1ccc(NC(=O)c2cccc(Br)c2)nc1. The molecule has 0 aliphatic heterocycles. The highest BCUT2D eigenvalue weighted by molar-refractivity contribution is 9.10. The third-order valence-corrected chi connectivity index (χ3v) is 2.71. The maximum Gasteiger partial charge on any atom is 0.256 e. The number of carbonyl (C=O) groups is 1. The van der Waals surface area contributed by atoms with E-state index >= 15 is 0 Å². The van der Waals surface area contributed by atoms with Crippen molar-refractivity contribution in [1.29, 1.82) is 5.26 Å². The van der Waals surface area contributed by atoms with Crippen molar-refractivity contribution in [2.45, 2.75) is 0 Å². The number of pyridine rings is 1. The molecule has 1 aromatic carbocycles. The highest BCUT2D eigenvalue weighted by Gasteiger charge is 2.06. The Morgan fingerprint density at radius 2 is 2.17 bits per heavy atom. The van der Waals surface area contributed by atoms with Gasteiger partial charge in [-0.15, -0.1) is 0 Å². The molecule has 0 saturated heterocycles. The van der Waals surface area contributed by atoms with Gasteiger partial charge in [0.25, 0.3) is 5.91 Å². The number of rotatable bonds is 2. The van der Waals surface area contributed by atoms with Crippen molar-refractivity contribution in [2.24, 2.45) is 0 Å². The lowest BCUT2D eigenvalue weighted by molar-refractivity contribution is 0.102. The van der Waals surface area contributed by atoms with Gasteiger partial charge in [0.15, 0.2) is 0 Å². The molecule has 1 amide bonds. The van der Waals surface area contributed by atoms with Gasteiger partial charge in [0.1, 0.15) is 11.9 Å². The zero-order valence-corrected chi connectivity index (χ0v) is 10.8. The van der Waals surface area contributed by atoms with Crippen LogP contribution in [0, 0.1) is 11.3 Å².